The van der Waals surface area contributed by atoms with Gasteiger partial charge in [0.1, 0.15) is 6.10 Å². The molecule has 1 rings (SSSR count). The lowest BCUT2D eigenvalue weighted by Crippen LogP contribution is -2.30. The van der Waals surface area contributed by atoms with E-state index in [0.717, 1.165) is 26.2 Å². The van der Waals surface area contributed by atoms with Gasteiger partial charge in [-0.05, 0) is 45.0 Å². The molecule has 1 unspecified atom stereocenters. The molecule has 0 spiro atoms. The van der Waals surface area contributed by atoms with Gasteiger partial charge in [-0.25, -0.2) is 4.39 Å². The Bertz CT molecular complexity index is 376. The molecule has 1 aromatic rings. The Kier molecular flexibility index (Phi) is 8.02. The molecular weight excluding hydrogens is 313 g/mol. The van der Waals surface area contributed by atoms with Gasteiger partial charge < -0.3 is 14.8 Å². The van der Waals surface area contributed by atoms with Crippen molar-refractivity contribution in [2.75, 3.05) is 26.3 Å². The van der Waals surface area contributed by atoms with Crippen molar-refractivity contribution in [3.63, 3.8) is 0 Å². The summed E-state index contributed by atoms with van der Waals surface area (Å²) in [5.41, 5.74) is 0. The number of ether oxygens (including phenoxy) is 2. The average molecular weight is 334 g/mol. The van der Waals surface area contributed by atoms with Gasteiger partial charge in [-0.3, -0.25) is 0 Å². The maximum Gasteiger partial charge on any atom is 0.166 e. The van der Waals surface area contributed by atoms with E-state index in [2.05, 4.69) is 21.2 Å². The smallest absolute Gasteiger partial charge is 0.166 e. The highest BCUT2D eigenvalue weighted by Gasteiger charge is 2.08. The minimum atomic E-state index is -0.349. The van der Waals surface area contributed by atoms with Gasteiger partial charge in [0.25, 0.3) is 0 Å². The van der Waals surface area contributed by atoms with Crippen LogP contribution in [0.4, 0.5) is 4.39 Å². The van der Waals surface area contributed by atoms with Gasteiger partial charge in [0.05, 0.1) is 0 Å². The predicted molar refractivity (Wildman–Crippen MR) is 78.2 cm³/mol. The van der Waals surface area contributed by atoms with Crippen LogP contribution in [0.25, 0.3) is 0 Å². The first-order chi connectivity index (χ1) is 9.13. The van der Waals surface area contributed by atoms with Gasteiger partial charge in [-0.15, -0.1) is 0 Å². The second-order valence-electron chi connectivity index (χ2n) is 4.26. The van der Waals surface area contributed by atoms with Crippen molar-refractivity contribution in [3.8, 4) is 5.75 Å². The lowest BCUT2D eigenvalue weighted by molar-refractivity contribution is 0.143. The number of nitrogens with one attached hydrogen (secondary N) is 1. The number of halogens is 2. The van der Waals surface area contributed by atoms with Crippen molar-refractivity contribution in [3.05, 3.63) is 28.5 Å². The summed E-state index contributed by atoms with van der Waals surface area (Å²) < 4.78 is 25.0. The highest BCUT2D eigenvalue weighted by atomic mass is 79.9. The topological polar surface area (TPSA) is 30.5 Å². The summed E-state index contributed by atoms with van der Waals surface area (Å²) in [6, 6.07) is 4.79. The molecule has 0 amide bonds. The molecule has 0 aliphatic heterocycles. The number of rotatable bonds is 9. The molecular formula is C14H21BrFNO2. The zero-order valence-corrected chi connectivity index (χ0v) is 13.0. The predicted octanol–water partition coefficient (Wildman–Crippen LogP) is 3.37. The lowest BCUT2D eigenvalue weighted by Gasteiger charge is -2.16. The molecule has 1 N–H and O–H groups in total. The SMILES string of the molecule is CCOCCCNCC(C)Oc1ccc(Br)cc1F. The van der Waals surface area contributed by atoms with Gasteiger partial charge in [0, 0.05) is 24.2 Å². The van der Waals surface area contributed by atoms with Crippen LogP contribution >= 0.6 is 15.9 Å². The van der Waals surface area contributed by atoms with Crippen LogP contribution in [0.5, 0.6) is 5.75 Å². The quantitative estimate of drug-likeness (QED) is 0.703. The fourth-order valence-corrected chi connectivity index (χ4v) is 1.91. The fraction of sp³-hybridized carbons (Fsp3) is 0.571. The first-order valence-corrected chi connectivity index (χ1v) is 7.33. The molecule has 0 heterocycles. The van der Waals surface area contributed by atoms with Crippen molar-refractivity contribution >= 4 is 15.9 Å². The van der Waals surface area contributed by atoms with E-state index in [4.69, 9.17) is 9.47 Å². The van der Waals surface area contributed by atoms with Crippen LogP contribution < -0.4 is 10.1 Å². The van der Waals surface area contributed by atoms with Crippen LogP contribution in [-0.4, -0.2) is 32.4 Å². The van der Waals surface area contributed by atoms with Crippen LogP contribution in [0.15, 0.2) is 22.7 Å². The summed E-state index contributed by atoms with van der Waals surface area (Å²) in [5.74, 6) is -0.0654. The molecule has 0 aliphatic carbocycles. The molecule has 0 aliphatic rings. The second-order valence-corrected chi connectivity index (χ2v) is 5.17. The minimum absolute atomic E-state index is 0.0808. The molecule has 19 heavy (non-hydrogen) atoms. The summed E-state index contributed by atoms with van der Waals surface area (Å²) >= 11 is 3.21. The standard InChI is InChI=1S/C14H21BrFNO2/c1-3-18-8-4-7-17-10-11(2)19-14-6-5-12(15)9-13(14)16/h5-6,9,11,17H,3-4,7-8,10H2,1-2H3. The third-order valence-electron chi connectivity index (χ3n) is 2.50. The Morgan fingerprint density at radius 2 is 2.21 bits per heavy atom. The Balaban J connectivity index is 2.21. The maximum atomic E-state index is 13.5. The highest BCUT2D eigenvalue weighted by molar-refractivity contribution is 9.10. The number of hydrogen-bond acceptors (Lipinski definition) is 3. The van der Waals surface area contributed by atoms with E-state index < -0.39 is 0 Å². The minimum Gasteiger partial charge on any atom is -0.486 e. The van der Waals surface area contributed by atoms with Gasteiger partial charge >= 0.3 is 0 Å². The summed E-state index contributed by atoms with van der Waals surface area (Å²) in [4.78, 5) is 0. The first kappa shape index (κ1) is 16.4. The van der Waals surface area contributed by atoms with E-state index >= 15 is 0 Å². The van der Waals surface area contributed by atoms with Crippen LogP contribution in [0.1, 0.15) is 20.3 Å². The molecule has 0 saturated carbocycles. The third kappa shape index (κ3) is 6.89. The molecule has 1 aromatic carbocycles. The average Bonchev–Trinajstić information content (AvgIpc) is 2.37. The van der Waals surface area contributed by atoms with Gasteiger partial charge in [0.15, 0.2) is 11.6 Å². The Morgan fingerprint density at radius 1 is 1.42 bits per heavy atom. The molecule has 0 radical (unpaired) electrons. The molecule has 3 nitrogen and oxygen atoms in total. The molecule has 1 atom stereocenters. The van der Waals surface area contributed by atoms with E-state index in [0.29, 0.717) is 11.0 Å². The molecule has 108 valence electrons. The van der Waals surface area contributed by atoms with Gasteiger partial charge in [-0.1, -0.05) is 15.9 Å². The zero-order chi connectivity index (χ0) is 14.1. The molecule has 0 bridgehead atoms. The van der Waals surface area contributed by atoms with Crippen molar-refractivity contribution < 1.29 is 13.9 Å². The Hall–Kier alpha value is -0.650. The zero-order valence-electron chi connectivity index (χ0n) is 11.4. The Morgan fingerprint density at radius 3 is 2.89 bits per heavy atom. The van der Waals surface area contributed by atoms with E-state index in [9.17, 15) is 4.39 Å². The molecule has 0 aromatic heterocycles. The van der Waals surface area contributed by atoms with Gasteiger partial charge in [-0.2, -0.15) is 0 Å². The van der Waals surface area contributed by atoms with E-state index in [1.165, 1.54) is 6.07 Å². The molecule has 0 saturated heterocycles. The van der Waals surface area contributed by atoms with Crippen LogP contribution in [0.2, 0.25) is 0 Å². The van der Waals surface area contributed by atoms with E-state index in [-0.39, 0.29) is 17.7 Å². The fourth-order valence-electron chi connectivity index (χ4n) is 1.58. The normalized spacial score (nSPS) is 12.4. The first-order valence-electron chi connectivity index (χ1n) is 6.53. The summed E-state index contributed by atoms with van der Waals surface area (Å²) in [7, 11) is 0. The number of hydrogen-bond donors (Lipinski definition) is 1. The van der Waals surface area contributed by atoms with Crippen molar-refractivity contribution in [2.24, 2.45) is 0 Å². The van der Waals surface area contributed by atoms with Crippen molar-refractivity contribution in [2.45, 2.75) is 26.4 Å². The van der Waals surface area contributed by atoms with Crippen molar-refractivity contribution in [1.82, 2.24) is 5.32 Å². The Labute approximate surface area is 122 Å². The van der Waals surface area contributed by atoms with Crippen LogP contribution in [0.3, 0.4) is 0 Å². The van der Waals surface area contributed by atoms with E-state index in [1.807, 2.05) is 13.8 Å². The van der Waals surface area contributed by atoms with Crippen LogP contribution in [0, 0.1) is 5.82 Å². The highest BCUT2D eigenvalue weighted by Crippen LogP contribution is 2.22. The monoisotopic (exact) mass is 333 g/mol. The summed E-state index contributed by atoms with van der Waals surface area (Å²) in [6.07, 6.45) is 0.885. The number of benzene rings is 1. The van der Waals surface area contributed by atoms with Crippen molar-refractivity contribution in [1.29, 1.82) is 0 Å². The summed E-state index contributed by atoms with van der Waals surface area (Å²) in [5, 5.41) is 3.26. The lowest BCUT2D eigenvalue weighted by atomic mass is 10.3. The molecule has 5 heteroatoms. The third-order valence-corrected chi connectivity index (χ3v) is 2.99. The second kappa shape index (κ2) is 9.28. The largest absolute Gasteiger partial charge is 0.486 e. The van der Waals surface area contributed by atoms with Crippen LogP contribution in [-0.2, 0) is 4.74 Å². The van der Waals surface area contributed by atoms with E-state index in [1.54, 1.807) is 12.1 Å². The molecule has 0 fully saturated rings. The maximum absolute atomic E-state index is 13.5. The van der Waals surface area contributed by atoms with Gasteiger partial charge in [0.2, 0.25) is 0 Å². The summed E-state index contributed by atoms with van der Waals surface area (Å²) in [6.45, 7) is 6.97.